The van der Waals surface area contributed by atoms with Gasteiger partial charge in [-0.25, -0.2) is 0 Å². The van der Waals surface area contributed by atoms with Gasteiger partial charge in [-0.2, -0.15) is 0 Å². The number of carboxylic acid groups (broad SMARTS) is 2. The quantitative estimate of drug-likeness (QED) is 0.440. The van der Waals surface area contributed by atoms with Gasteiger partial charge in [0.2, 0.25) is 0 Å². The summed E-state index contributed by atoms with van der Waals surface area (Å²) >= 11 is 0. The standard InChI is InChI=1S/C5H10O2.C5H12O.C4H8O2.C4H10O/c1-2-3-4-5(6)7;1-2-3-4-5-6;1-2-3-4(5)6;1-2-3-4-5/h2-4H2,1H3,(H,6,7);6H,2-5H2,1H3;2-3H2,1H3,(H,5,6);5H,2-4H2,1H3. The summed E-state index contributed by atoms with van der Waals surface area (Å²) in [6, 6.07) is 0. The molecule has 0 bridgehead atoms. The molecule has 0 atom stereocenters. The Morgan fingerprint density at radius 1 is 0.583 bits per heavy atom. The summed E-state index contributed by atoms with van der Waals surface area (Å²) in [4.78, 5) is 19.4. The molecule has 0 aromatic carbocycles. The van der Waals surface area contributed by atoms with Gasteiger partial charge in [0.1, 0.15) is 0 Å². The van der Waals surface area contributed by atoms with Crippen LogP contribution in [-0.2, 0) is 9.59 Å². The third kappa shape index (κ3) is 69.8. The fourth-order valence-corrected chi connectivity index (χ4v) is 1.06. The number of hydrogen-bond acceptors (Lipinski definition) is 4. The van der Waals surface area contributed by atoms with Crippen molar-refractivity contribution in [2.75, 3.05) is 13.2 Å². The minimum absolute atomic E-state index is 0.292. The van der Waals surface area contributed by atoms with E-state index in [1.165, 1.54) is 6.42 Å². The molecule has 0 radical (unpaired) electrons. The number of aliphatic hydroxyl groups is 2. The van der Waals surface area contributed by atoms with Crippen molar-refractivity contribution >= 4 is 11.9 Å². The first-order valence-corrected chi connectivity index (χ1v) is 9.02. The van der Waals surface area contributed by atoms with Crippen molar-refractivity contribution in [3.05, 3.63) is 0 Å². The minimum atomic E-state index is -0.711. The van der Waals surface area contributed by atoms with Crippen LogP contribution in [0.3, 0.4) is 0 Å². The Hall–Kier alpha value is -1.14. The van der Waals surface area contributed by atoms with Gasteiger partial charge >= 0.3 is 11.9 Å². The Balaban J connectivity index is -0.000000112. The maximum absolute atomic E-state index is 9.76. The fourth-order valence-electron chi connectivity index (χ4n) is 1.06. The average molecular weight is 353 g/mol. The Morgan fingerprint density at radius 2 is 1.00 bits per heavy atom. The Labute approximate surface area is 147 Å². The average Bonchev–Trinajstić information content (AvgIpc) is 2.53. The van der Waals surface area contributed by atoms with E-state index in [2.05, 4.69) is 13.8 Å². The summed E-state index contributed by atoms with van der Waals surface area (Å²) in [5.41, 5.74) is 0. The highest BCUT2D eigenvalue weighted by Crippen LogP contribution is 1.91. The molecule has 0 aliphatic heterocycles. The van der Waals surface area contributed by atoms with Crippen molar-refractivity contribution in [1.29, 1.82) is 0 Å². The van der Waals surface area contributed by atoms with Gasteiger partial charge in [0.05, 0.1) is 0 Å². The number of rotatable bonds is 10. The van der Waals surface area contributed by atoms with E-state index in [1.54, 1.807) is 0 Å². The molecule has 0 aromatic heterocycles. The number of aliphatic hydroxyl groups excluding tert-OH is 2. The topological polar surface area (TPSA) is 115 Å². The van der Waals surface area contributed by atoms with Gasteiger partial charge in [0.15, 0.2) is 0 Å². The molecule has 6 nitrogen and oxygen atoms in total. The van der Waals surface area contributed by atoms with Crippen LogP contribution in [-0.4, -0.2) is 45.6 Å². The Bertz CT molecular complexity index is 226. The molecule has 0 aliphatic carbocycles. The van der Waals surface area contributed by atoms with Crippen LogP contribution in [0.5, 0.6) is 0 Å². The molecular weight excluding hydrogens is 312 g/mol. The first kappa shape index (κ1) is 30.7. The lowest BCUT2D eigenvalue weighted by molar-refractivity contribution is -0.138. The molecule has 0 saturated heterocycles. The van der Waals surface area contributed by atoms with Crippen molar-refractivity contribution in [3.8, 4) is 0 Å². The molecule has 148 valence electrons. The second-order valence-corrected chi connectivity index (χ2v) is 5.15. The van der Waals surface area contributed by atoms with Gasteiger partial charge in [-0.05, 0) is 25.7 Å². The lowest BCUT2D eigenvalue weighted by atomic mass is 10.3. The first-order chi connectivity index (χ1) is 11.4. The second-order valence-electron chi connectivity index (χ2n) is 5.15. The summed E-state index contributed by atoms with van der Waals surface area (Å²) in [7, 11) is 0. The Kier molecular flexibility index (Phi) is 42.8. The molecule has 0 amide bonds. The van der Waals surface area contributed by atoms with Crippen molar-refractivity contribution in [1.82, 2.24) is 0 Å². The molecule has 4 N–H and O–H groups in total. The van der Waals surface area contributed by atoms with Crippen molar-refractivity contribution < 1.29 is 30.0 Å². The zero-order valence-corrected chi connectivity index (χ0v) is 16.1. The van der Waals surface area contributed by atoms with Gasteiger partial charge in [0.25, 0.3) is 0 Å². The summed E-state index contributed by atoms with van der Waals surface area (Å²) < 4.78 is 0. The van der Waals surface area contributed by atoms with Crippen LogP contribution in [0.4, 0.5) is 0 Å². The van der Waals surface area contributed by atoms with Gasteiger partial charge in [-0.1, -0.05) is 53.4 Å². The van der Waals surface area contributed by atoms with Crippen LogP contribution in [0.2, 0.25) is 0 Å². The zero-order valence-electron chi connectivity index (χ0n) is 16.1. The molecule has 0 rings (SSSR count). The highest BCUT2D eigenvalue weighted by Gasteiger charge is 1.90. The van der Waals surface area contributed by atoms with E-state index in [4.69, 9.17) is 20.4 Å². The molecule has 0 aromatic rings. The van der Waals surface area contributed by atoms with E-state index < -0.39 is 11.9 Å². The number of carbonyl (C=O) groups is 2. The van der Waals surface area contributed by atoms with E-state index in [0.717, 1.165) is 44.9 Å². The maximum atomic E-state index is 9.76. The smallest absolute Gasteiger partial charge is 0.303 e. The highest BCUT2D eigenvalue weighted by molar-refractivity contribution is 5.66. The number of carboxylic acids is 2. The summed E-state index contributed by atoms with van der Waals surface area (Å²) in [5.74, 6) is -1.40. The lowest BCUT2D eigenvalue weighted by Crippen LogP contribution is -1.91. The first-order valence-electron chi connectivity index (χ1n) is 9.02. The van der Waals surface area contributed by atoms with E-state index in [1.807, 2.05) is 13.8 Å². The number of hydrogen-bond donors (Lipinski definition) is 4. The summed E-state index contributed by atoms with van der Waals surface area (Å²) in [6.07, 6.45) is 8.47. The fraction of sp³-hybridized carbons (Fsp3) is 0.889. The molecule has 0 unspecified atom stereocenters. The van der Waals surface area contributed by atoms with Crippen LogP contribution in [0, 0.1) is 0 Å². The van der Waals surface area contributed by atoms with Crippen LogP contribution in [0.25, 0.3) is 0 Å². The van der Waals surface area contributed by atoms with Gasteiger partial charge in [-0.15, -0.1) is 0 Å². The minimum Gasteiger partial charge on any atom is -0.481 e. The van der Waals surface area contributed by atoms with Gasteiger partial charge in [-0.3, -0.25) is 9.59 Å². The van der Waals surface area contributed by atoms with Crippen LogP contribution in [0.15, 0.2) is 0 Å². The van der Waals surface area contributed by atoms with E-state index >= 15 is 0 Å². The highest BCUT2D eigenvalue weighted by atomic mass is 16.4. The summed E-state index contributed by atoms with van der Waals surface area (Å²) in [5, 5.41) is 32.2. The molecule has 0 heterocycles. The summed E-state index contributed by atoms with van der Waals surface area (Å²) in [6.45, 7) is 8.69. The zero-order chi connectivity index (χ0) is 19.6. The molecule has 0 aliphatic rings. The van der Waals surface area contributed by atoms with Gasteiger partial charge in [0, 0.05) is 26.1 Å². The molecule has 0 saturated carbocycles. The van der Waals surface area contributed by atoms with Crippen molar-refractivity contribution in [3.63, 3.8) is 0 Å². The number of aliphatic carboxylic acids is 2. The number of unbranched alkanes of at least 4 members (excludes halogenated alkanes) is 4. The van der Waals surface area contributed by atoms with Crippen LogP contribution in [0.1, 0.15) is 91.9 Å². The Morgan fingerprint density at radius 3 is 1.08 bits per heavy atom. The predicted molar refractivity (Wildman–Crippen MR) is 98.3 cm³/mol. The van der Waals surface area contributed by atoms with E-state index in [9.17, 15) is 9.59 Å². The largest absolute Gasteiger partial charge is 0.481 e. The van der Waals surface area contributed by atoms with Gasteiger partial charge < -0.3 is 20.4 Å². The lowest BCUT2D eigenvalue weighted by Gasteiger charge is -1.85. The van der Waals surface area contributed by atoms with E-state index in [0.29, 0.717) is 26.1 Å². The monoisotopic (exact) mass is 352 g/mol. The van der Waals surface area contributed by atoms with Crippen molar-refractivity contribution in [2.45, 2.75) is 91.9 Å². The van der Waals surface area contributed by atoms with Crippen molar-refractivity contribution in [2.24, 2.45) is 0 Å². The van der Waals surface area contributed by atoms with E-state index in [-0.39, 0.29) is 0 Å². The normalized spacial score (nSPS) is 8.58. The molecular formula is C18H40O6. The molecule has 24 heavy (non-hydrogen) atoms. The predicted octanol–water partition coefficient (Wildman–Crippen LogP) is 4.08. The van der Waals surface area contributed by atoms with Crippen LogP contribution < -0.4 is 0 Å². The molecule has 6 heteroatoms. The molecule has 0 fully saturated rings. The molecule has 0 spiro atoms. The van der Waals surface area contributed by atoms with Crippen LogP contribution >= 0.6 is 0 Å². The second kappa shape index (κ2) is 33.5. The SMILES string of the molecule is CCCC(=O)O.CCCCC(=O)O.CCCCCO.CCCCO. The third-order valence-electron chi connectivity index (χ3n) is 2.48. The maximum Gasteiger partial charge on any atom is 0.303 e. The third-order valence-corrected chi connectivity index (χ3v) is 2.48.